The fraction of sp³-hybridized carbons (Fsp3) is 0.300. The van der Waals surface area contributed by atoms with Gasteiger partial charge in [0.25, 0.3) is 11.6 Å². The number of rotatable bonds is 2. The van der Waals surface area contributed by atoms with Crippen molar-refractivity contribution >= 4 is 17.0 Å². The number of nitrogens with one attached hydrogen (secondary N) is 1. The van der Waals surface area contributed by atoms with Crippen molar-refractivity contribution in [3.05, 3.63) is 23.0 Å². The minimum Gasteiger partial charge on any atom is -0.336 e. The molecule has 1 amide bonds. The van der Waals surface area contributed by atoms with E-state index >= 15 is 0 Å². The van der Waals surface area contributed by atoms with Crippen molar-refractivity contribution in [2.75, 3.05) is 7.11 Å². The summed E-state index contributed by atoms with van der Waals surface area (Å²) in [5, 5.41) is 4.39. The maximum atomic E-state index is 11.7. The van der Waals surface area contributed by atoms with Gasteiger partial charge in [-0.3, -0.25) is 9.63 Å². The van der Waals surface area contributed by atoms with Gasteiger partial charge in [-0.15, -0.1) is 0 Å². The van der Waals surface area contributed by atoms with Crippen molar-refractivity contribution in [2.45, 2.75) is 13.8 Å². The van der Waals surface area contributed by atoms with Gasteiger partial charge in [0.05, 0.1) is 23.8 Å². The Hall–Kier alpha value is -1.95. The first-order valence-corrected chi connectivity index (χ1v) is 4.70. The minimum atomic E-state index is -0.343. The lowest BCUT2D eigenvalue weighted by molar-refractivity contribution is 0.0539. The highest BCUT2D eigenvalue weighted by atomic mass is 16.6. The molecule has 2 aromatic heterocycles. The molecule has 16 heavy (non-hydrogen) atoms. The van der Waals surface area contributed by atoms with Crippen LogP contribution in [0.3, 0.4) is 0 Å². The van der Waals surface area contributed by atoms with Crippen molar-refractivity contribution in [3.8, 4) is 0 Å². The van der Waals surface area contributed by atoms with Gasteiger partial charge in [-0.05, 0) is 19.9 Å². The number of hydrogen-bond acceptors (Lipinski definition) is 5. The van der Waals surface area contributed by atoms with E-state index < -0.39 is 0 Å². The standard InChI is InChI=1S/C10H11N3O3/c1-5-4-7(9(14)13-15-3)8-6(2)12-16-10(8)11-5/h4H,1-3H3,(H,13,14). The number of carbonyl (C=O) groups is 1. The number of fused-ring (bicyclic) bond motifs is 1. The van der Waals surface area contributed by atoms with Crippen molar-refractivity contribution in [3.63, 3.8) is 0 Å². The Morgan fingerprint density at radius 3 is 2.94 bits per heavy atom. The zero-order valence-corrected chi connectivity index (χ0v) is 9.20. The average Bonchev–Trinajstić information content (AvgIpc) is 2.59. The van der Waals surface area contributed by atoms with E-state index in [1.165, 1.54) is 7.11 Å². The Morgan fingerprint density at radius 2 is 2.25 bits per heavy atom. The van der Waals surface area contributed by atoms with Gasteiger partial charge >= 0.3 is 0 Å². The molecule has 0 aromatic carbocycles. The van der Waals surface area contributed by atoms with E-state index in [2.05, 4.69) is 20.5 Å². The zero-order chi connectivity index (χ0) is 11.7. The van der Waals surface area contributed by atoms with E-state index in [1.807, 2.05) is 0 Å². The third kappa shape index (κ3) is 1.63. The SMILES string of the molecule is CONC(=O)c1cc(C)nc2onc(C)c12. The predicted octanol–water partition coefficient (Wildman–Crippen LogP) is 1.13. The molecular weight excluding hydrogens is 210 g/mol. The molecule has 1 N–H and O–H groups in total. The lowest BCUT2D eigenvalue weighted by Crippen LogP contribution is -2.22. The van der Waals surface area contributed by atoms with E-state index in [0.717, 1.165) is 0 Å². The number of carbonyl (C=O) groups excluding carboxylic acids is 1. The van der Waals surface area contributed by atoms with Gasteiger partial charge in [0, 0.05) is 5.69 Å². The quantitative estimate of drug-likeness (QED) is 0.769. The van der Waals surface area contributed by atoms with Gasteiger partial charge in [0.1, 0.15) is 0 Å². The highest BCUT2D eigenvalue weighted by Gasteiger charge is 2.17. The van der Waals surface area contributed by atoms with E-state index in [1.54, 1.807) is 19.9 Å². The number of hydrogen-bond donors (Lipinski definition) is 1. The van der Waals surface area contributed by atoms with Crippen LogP contribution in [0.15, 0.2) is 10.6 Å². The van der Waals surface area contributed by atoms with Crippen LogP contribution in [0.2, 0.25) is 0 Å². The van der Waals surface area contributed by atoms with Crippen molar-refractivity contribution in [2.24, 2.45) is 0 Å². The van der Waals surface area contributed by atoms with Gasteiger partial charge in [-0.1, -0.05) is 5.16 Å². The molecule has 0 aliphatic carbocycles. The van der Waals surface area contributed by atoms with Crippen LogP contribution in [0.1, 0.15) is 21.7 Å². The number of aromatic nitrogens is 2. The van der Waals surface area contributed by atoms with Gasteiger partial charge in [-0.2, -0.15) is 0 Å². The molecule has 0 saturated carbocycles. The van der Waals surface area contributed by atoms with Crippen molar-refractivity contribution in [1.29, 1.82) is 0 Å². The molecule has 0 radical (unpaired) electrons. The summed E-state index contributed by atoms with van der Waals surface area (Å²) >= 11 is 0. The molecule has 0 spiro atoms. The Bertz CT molecular complexity index is 547. The summed E-state index contributed by atoms with van der Waals surface area (Å²) in [4.78, 5) is 20.5. The second-order valence-corrected chi connectivity index (χ2v) is 3.39. The molecule has 84 valence electrons. The van der Waals surface area contributed by atoms with E-state index in [0.29, 0.717) is 28.1 Å². The molecule has 0 bridgehead atoms. The first-order valence-electron chi connectivity index (χ1n) is 4.70. The number of nitrogens with zero attached hydrogens (tertiary/aromatic N) is 2. The summed E-state index contributed by atoms with van der Waals surface area (Å²) in [6, 6.07) is 1.67. The average molecular weight is 221 g/mol. The molecular formula is C10H11N3O3. The second kappa shape index (κ2) is 3.90. The van der Waals surface area contributed by atoms with Crippen LogP contribution in [-0.4, -0.2) is 23.2 Å². The normalized spacial score (nSPS) is 10.7. The summed E-state index contributed by atoms with van der Waals surface area (Å²) < 4.78 is 5.02. The van der Waals surface area contributed by atoms with E-state index in [9.17, 15) is 4.79 Å². The second-order valence-electron chi connectivity index (χ2n) is 3.39. The highest BCUT2D eigenvalue weighted by molar-refractivity contribution is 6.05. The fourth-order valence-electron chi connectivity index (χ4n) is 1.54. The maximum Gasteiger partial charge on any atom is 0.275 e. The third-order valence-corrected chi connectivity index (χ3v) is 2.18. The summed E-state index contributed by atoms with van der Waals surface area (Å²) in [5.74, 6) is -0.343. The fourth-order valence-corrected chi connectivity index (χ4v) is 1.54. The molecule has 0 atom stereocenters. The topological polar surface area (TPSA) is 77.2 Å². The van der Waals surface area contributed by atoms with Gasteiger partial charge < -0.3 is 4.52 Å². The Kier molecular flexibility index (Phi) is 2.57. The summed E-state index contributed by atoms with van der Waals surface area (Å²) in [5.41, 5.74) is 4.38. The Balaban J connectivity index is 2.66. The smallest absolute Gasteiger partial charge is 0.275 e. The highest BCUT2D eigenvalue weighted by Crippen LogP contribution is 2.21. The Labute approximate surface area is 91.5 Å². The van der Waals surface area contributed by atoms with Crippen molar-refractivity contribution < 1.29 is 14.2 Å². The molecule has 6 heteroatoms. The third-order valence-electron chi connectivity index (χ3n) is 2.18. The predicted molar refractivity (Wildman–Crippen MR) is 55.8 cm³/mol. The molecule has 0 saturated heterocycles. The molecule has 0 aliphatic rings. The summed E-state index contributed by atoms with van der Waals surface area (Å²) in [6.45, 7) is 3.54. The Morgan fingerprint density at radius 1 is 1.50 bits per heavy atom. The molecule has 0 unspecified atom stereocenters. The van der Waals surface area contributed by atoms with E-state index in [-0.39, 0.29) is 5.91 Å². The molecule has 2 aromatic rings. The molecule has 2 heterocycles. The van der Waals surface area contributed by atoms with Crippen LogP contribution in [0.4, 0.5) is 0 Å². The molecule has 6 nitrogen and oxygen atoms in total. The first kappa shape index (κ1) is 10.6. The lowest BCUT2D eigenvalue weighted by Gasteiger charge is -2.03. The summed E-state index contributed by atoms with van der Waals surface area (Å²) in [6.07, 6.45) is 0. The van der Waals surface area contributed by atoms with Crippen LogP contribution in [0.5, 0.6) is 0 Å². The minimum absolute atomic E-state index is 0.343. The van der Waals surface area contributed by atoms with Crippen LogP contribution >= 0.6 is 0 Å². The monoisotopic (exact) mass is 221 g/mol. The molecule has 2 rings (SSSR count). The number of amides is 1. The number of aryl methyl sites for hydroxylation is 2. The molecule has 0 aliphatic heterocycles. The van der Waals surface area contributed by atoms with Gasteiger partial charge in [-0.25, -0.2) is 10.5 Å². The number of hydroxylamine groups is 1. The van der Waals surface area contributed by atoms with Crippen LogP contribution < -0.4 is 5.48 Å². The lowest BCUT2D eigenvalue weighted by atomic mass is 10.1. The van der Waals surface area contributed by atoms with Crippen LogP contribution in [0, 0.1) is 13.8 Å². The largest absolute Gasteiger partial charge is 0.336 e. The van der Waals surface area contributed by atoms with Crippen LogP contribution in [-0.2, 0) is 4.84 Å². The van der Waals surface area contributed by atoms with E-state index in [4.69, 9.17) is 4.52 Å². The summed E-state index contributed by atoms with van der Waals surface area (Å²) in [7, 11) is 1.38. The van der Waals surface area contributed by atoms with Crippen molar-refractivity contribution in [1.82, 2.24) is 15.6 Å². The number of pyridine rings is 1. The van der Waals surface area contributed by atoms with Crippen LogP contribution in [0.25, 0.3) is 11.1 Å². The molecule has 0 fully saturated rings. The van der Waals surface area contributed by atoms with Gasteiger partial charge in [0.15, 0.2) is 0 Å². The maximum absolute atomic E-state index is 11.7. The first-order chi connectivity index (χ1) is 7.63. The van der Waals surface area contributed by atoms with Gasteiger partial charge in [0.2, 0.25) is 0 Å². The zero-order valence-electron chi connectivity index (χ0n) is 9.20.